The molecule has 0 radical (unpaired) electrons. The quantitative estimate of drug-likeness (QED) is 0.195. The summed E-state index contributed by atoms with van der Waals surface area (Å²) >= 11 is 16.9. The van der Waals surface area contributed by atoms with Gasteiger partial charge < -0.3 is 4.42 Å². The first kappa shape index (κ1) is 23.3. The number of rotatable bonds is 6. The molecule has 2 heterocycles. The number of nitriles is 1. The first-order valence-corrected chi connectivity index (χ1v) is 12.0. The van der Waals surface area contributed by atoms with E-state index in [1.165, 1.54) is 17.4 Å². The lowest BCUT2D eigenvalue weighted by atomic mass is 10.1. The van der Waals surface area contributed by atoms with Crippen molar-refractivity contribution < 1.29 is 9.21 Å². The molecule has 4 rings (SSSR count). The molecule has 1 N–H and O–H groups in total. The van der Waals surface area contributed by atoms with Gasteiger partial charge in [-0.05, 0) is 48.0 Å². The van der Waals surface area contributed by atoms with E-state index in [0.717, 1.165) is 14.9 Å². The van der Waals surface area contributed by atoms with E-state index in [0.29, 0.717) is 38.7 Å². The molecule has 9 heteroatoms. The van der Waals surface area contributed by atoms with Crippen molar-refractivity contribution in [2.24, 2.45) is 0 Å². The van der Waals surface area contributed by atoms with Gasteiger partial charge in [-0.2, -0.15) is 5.26 Å². The molecule has 0 saturated heterocycles. The van der Waals surface area contributed by atoms with Crippen molar-refractivity contribution in [1.29, 1.82) is 5.26 Å². The van der Waals surface area contributed by atoms with Crippen LogP contribution in [-0.2, 0) is 11.2 Å². The number of carbonyl (C=O) groups excluding carboxylic acids is 1. The Balaban J connectivity index is 1.45. The zero-order valence-electron chi connectivity index (χ0n) is 16.8. The number of halogens is 3. The summed E-state index contributed by atoms with van der Waals surface area (Å²) < 4.78 is 6.76. The Morgan fingerprint density at radius 1 is 1.18 bits per heavy atom. The lowest BCUT2D eigenvalue weighted by molar-refractivity contribution is -0.112. The maximum absolute atomic E-state index is 12.6. The lowest BCUT2D eigenvalue weighted by Gasteiger charge is -2.01. The topological polar surface area (TPSA) is 78.9 Å². The highest BCUT2D eigenvalue weighted by atomic mass is 79.9. The molecule has 4 aromatic rings. The van der Waals surface area contributed by atoms with E-state index in [4.69, 9.17) is 27.6 Å². The molecule has 0 atom stereocenters. The van der Waals surface area contributed by atoms with Crippen LogP contribution in [0.3, 0.4) is 0 Å². The second-order valence-corrected chi connectivity index (χ2v) is 9.76. The molecular formula is C24H14BrCl2N3O2S. The van der Waals surface area contributed by atoms with Gasteiger partial charge in [-0.15, -0.1) is 11.3 Å². The molecule has 33 heavy (non-hydrogen) atoms. The third-order valence-corrected chi connectivity index (χ3v) is 6.53. The van der Waals surface area contributed by atoms with Gasteiger partial charge in [0.1, 0.15) is 23.2 Å². The highest BCUT2D eigenvalue weighted by molar-refractivity contribution is 9.10. The van der Waals surface area contributed by atoms with Crippen LogP contribution in [0.2, 0.25) is 10.0 Å². The molecule has 0 bridgehead atoms. The Kier molecular flexibility index (Phi) is 7.31. The van der Waals surface area contributed by atoms with E-state index in [9.17, 15) is 10.1 Å². The van der Waals surface area contributed by atoms with Gasteiger partial charge in [0.15, 0.2) is 5.13 Å². The summed E-state index contributed by atoms with van der Waals surface area (Å²) in [5, 5.41) is 13.5. The summed E-state index contributed by atoms with van der Waals surface area (Å²) in [4.78, 5) is 17.8. The molecule has 2 aromatic carbocycles. The smallest absolute Gasteiger partial charge is 0.268 e. The molecule has 0 fully saturated rings. The molecule has 2 aromatic heterocycles. The molecule has 0 spiro atoms. The minimum Gasteiger partial charge on any atom is -0.457 e. The van der Waals surface area contributed by atoms with Crippen molar-refractivity contribution >= 4 is 67.6 Å². The fourth-order valence-electron chi connectivity index (χ4n) is 2.97. The van der Waals surface area contributed by atoms with Gasteiger partial charge in [-0.3, -0.25) is 10.1 Å². The molecule has 0 aliphatic heterocycles. The van der Waals surface area contributed by atoms with E-state index in [2.05, 4.69) is 26.2 Å². The summed E-state index contributed by atoms with van der Waals surface area (Å²) in [6.07, 6.45) is 3.79. The monoisotopic (exact) mass is 557 g/mol. The fraction of sp³-hybridized carbons (Fsp3) is 0.0417. The van der Waals surface area contributed by atoms with Crippen molar-refractivity contribution in [2.75, 3.05) is 5.32 Å². The fourth-order valence-corrected chi connectivity index (χ4v) is 4.58. The van der Waals surface area contributed by atoms with Crippen LogP contribution in [0.4, 0.5) is 5.13 Å². The second-order valence-electron chi connectivity index (χ2n) is 6.89. The van der Waals surface area contributed by atoms with Gasteiger partial charge >= 0.3 is 0 Å². The van der Waals surface area contributed by atoms with Crippen LogP contribution in [0.25, 0.3) is 17.4 Å². The van der Waals surface area contributed by atoms with Crippen LogP contribution in [0.5, 0.6) is 0 Å². The van der Waals surface area contributed by atoms with Crippen LogP contribution in [0.1, 0.15) is 16.2 Å². The summed E-state index contributed by atoms with van der Waals surface area (Å²) in [6, 6.07) is 18.3. The predicted octanol–water partition coefficient (Wildman–Crippen LogP) is 7.61. The Morgan fingerprint density at radius 2 is 1.97 bits per heavy atom. The number of furan rings is 1. The standard InChI is InChI=1S/C24H14BrCl2N3O2S/c25-16-3-1-14(2-4-16)9-19-13-29-24(33-19)30-23(31)15(12-28)10-18-6-8-22(32-18)20-7-5-17(26)11-21(20)27/h1-8,10-11,13H,9H2,(H,29,30,31)/b15-10-. The maximum atomic E-state index is 12.6. The average Bonchev–Trinajstić information content (AvgIpc) is 3.43. The highest BCUT2D eigenvalue weighted by Crippen LogP contribution is 2.32. The zero-order valence-corrected chi connectivity index (χ0v) is 20.7. The molecule has 1 amide bonds. The van der Waals surface area contributed by atoms with Crippen LogP contribution in [0.15, 0.2) is 75.3 Å². The van der Waals surface area contributed by atoms with E-state index in [1.54, 1.807) is 36.5 Å². The first-order chi connectivity index (χ1) is 15.9. The number of benzene rings is 2. The SMILES string of the molecule is N#C/C(=C/c1ccc(-c2ccc(Cl)cc2Cl)o1)C(=O)Nc1ncc(Cc2ccc(Br)cc2)s1. The van der Waals surface area contributed by atoms with Gasteiger partial charge in [0.05, 0.1) is 5.02 Å². The summed E-state index contributed by atoms with van der Waals surface area (Å²) in [5.41, 5.74) is 1.68. The number of amides is 1. The highest BCUT2D eigenvalue weighted by Gasteiger charge is 2.14. The van der Waals surface area contributed by atoms with Crippen LogP contribution < -0.4 is 5.32 Å². The molecule has 0 saturated carbocycles. The molecule has 0 unspecified atom stereocenters. The Labute approximate surface area is 212 Å². The third-order valence-electron chi connectivity index (χ3n) is 4.54. The molecule has 5 nitrogen and oxygen atoms in total. The van der Waals surface area contributed by atoms with Gasteiger partial charge in [-0.1, -0.05) is 51.3 Å². The van der Waals surface area contributed by atoms with Gasteiger partial charge in [0, 0.05) is 38.6 Å². The van der Waals surface area contributed by atoms with Crippen molar-refractivity contribution in [2.45, 2.75) is 6.42 Å². The Morgan fingerprint density at radius 3 is 2.70 bits per heavy atom. The van der Waals surface area contributed by atoms with Crippen LogP contribution >= 0.6 is 50.5 Å². The number of thiazole rings is 1. The number of carbonyl (C=O) groups is 1. The van der Waals surface area contributed by atoms with Crippen molar-refractivity contribution in [1.82, 2.24) is 4.98 Å². The number of nitrogens with one attached hydrogen (secondary N) is 1. The van der Waals surface area contributed by atoms with E-state index in [-0.39, 0.29) is 5.57 Å². The number of nitrogens with zero attached hydrogens (tertiary/aromatic N) is 2. The first-order valence-electron chi connectivity index (χ1n) is 9.59. The van der Waals surface area contributed by atoms with Gasteiger partial charge in [0.25, 0.3) is 5.91 Å². The van der Waals surface area contributed by atoms with Crippen LogP contribution in [-0.4, -0.2) is 10.9 Å². The number of hydrogen-bond acceptors (Lipinski definition) is 5. The Bertz CT molecular complexity index is 1390. The van der Waals surface area contributed by atoms with Gasteiger partial charge in [-0.25, -0.2) is 4.98 Å². The van der Waals surface area contributed by atoms with E-state index in [1.807, 2.05) is 30.3 Å². The second kappa shape index (κ2) is 10.4. The maximum Gasteiger partial charge on any atom is 0.268 e. The Hall–Kier alpha value is -2.89. The summed E-state index contributed by atoms with van der Waals surface area (Å²) in [5.74, 6) is 0.278. The minimum atomic E-state index is -0.565. The van der Waals surface area contributed by atoms with E-state index < -0.39 is 5.91 Å². The molecule has 0 aliphatic rings. The molecule has 0 aliphatic carbocycles. The van der Waals surface area contributed by atoms with Crippen molar-refractivity contribution in [3.05, 3.63) is 97.1 Å². The number of aromatic nitrogens is 1. The van der Waals surface area contributed by atoms with E-state index >= 15 is 0 Å². The summed E-state index contributed by atoms with van der Waals surface area (Å²) in [6.45, 7) is 0. The molecule has 164 valence electrons. The molecular weight excluding hydrogens is 545 g/mol. The third kappa shape index (κ3) is 5.92. The lowest BCUT2D eigenvalue weighted by Crippen LogP contribution is -2.13. The van der Waals surface area contributed by atoms with Crippen molar-refractivity contribution in [3.63, 3.8) is 0 Å². The number of anilines is 1. The largest absolute Gasteiger partial charge is 0.457 e. The zero-order chi connectivity index (χ0) is 23.4. The normalized spacial score (nSPS) is 11.3. The predicted molar refractivity (Wildman–Crippen MR) is 135 cm³/mol. The summed E-state index contributed by atoms with van der Waals surface area (Å²) in [7, 11) is 0. The van der Waals surface area contributed by atoms with Gasteiger partial charge in [0.2, 0.25) is 0 Å². The number of hydrogen-bond donors (Lipinski definition) is 1. The van der Waals surface area contributed by atoms with Crippen molar-refractivity contribution in [3.8, 4) is 17.4 Å². The average molecular weight is 559 g/mol. The van der Waals surface area contributed by atoms with Crippen LogP contribution in [0, 0.1) is 11.3 Å². The minimum absolute atomic E-state index is 0.109.